The van der Waals surface area contributed by atoms with Crippen molar-refractivity contribution >= 4 is 5.91 Å². The van der Waals surface area contributed by atoms with Crippen LogP contribution in [0.1, 0.15) is 41.4 Å². The fourth-order valence-electron chi connectivity index (χ4n) is 3.63. The maximum absolute atomic E-state index is 13.0. The molecule has 1 aliphatic heterocycles. The molecule has 1 unspecified atom stereocenters. The minimum atomic E-state index is -0.0465. The van der Waals surface area contributed by atoms with E-state index in [0.29, 0.717) is 6.54 Å². The Morgan fingerprint density at radius 2 is 2.16 bits per heavy atom. The van der Waals surface area contributed by atoms with E-state index in [9.17, 15) is 4.79 Å². The zero-order valence-electron chi connectivity index (χ0n) is 15.6. The highest BCUT2D eigenvalue weighted by Crippen LogP contribution is 2.25. The largest absolute Gasteiger partial charge is 0.497 e. The van der Waals surface area contributed by atoms with E-state index in [2.05, 4.69) is 22.3 Å². The first-order chi connectivity index (χ1) is 12.0. The first kappa shape index (κ1) is 17.5. The van der Waals surface area contributed by atoms with Gasteiger partial charge in [0.2, 0.25) is 5.91 Å². The molecule has 0 bridgehead atoms. The van der Waals surface area contributed by atoms with Crippen molar-refractivity contribution in [1.82, 2.24) is 15.1 Å². The molecule has 2 heterocycles. The van der Waals surface area contributed by atoms with Gasteiger partial charge >= 0.3 is 0 Å². The van der Waals surface area contributed by atoms with E-state index in [4.69, 9.17) is 4.74 Å². The monoisotopic (exact) mass is 341 g/mol. The number of carbonyl (C=O) groups excluding carboxylic acids is 1. The van der Waals surface area contributed by atoms with E-state index in [1.807, 2.05) is 31.7 Å². The zero-order valence-corrected chi connectivity index (χ0v) is 15.6. The van der Waals surface area contributed by atoms with Crippen LogP contribution in [0.3, 0.4) is 0 Å². The quantitative estimate of drug-likeness (QED) is 0.929. The molecule has 0 saturated heterocycles. The third kappa shape index (κ3) is 3.70. The minimum Gasteiger partial charge on any atom is -0.497 e. The second kappa shape index (κ2) is 7.30. The number of nitrogens with zero attached hydrogens (tertiary/aromatic N) is 2. The summed E-state index contributed by atoms with van der Waals surface area (Å²) in [5, 5.41) is 7.25. The first-order valence-corrected chi connectivity index (χ1v) is 8.94. The summed E-state index contributed by atoms with van der Waals surface area (Å²) in [6, 6.07) is 6.17. The number of carbonyl (C=O) groups is 1. The predicted molar refractivity (Wildman–Crippen MR) is 97.7 cm³/mol. The lowest BCUT2D eigenvalue weighted by Gasteiger charge is -2.25. The number of methoxy groups -OCH3 is 1. The standard InChI is InChI=1S/C20H27N3O2/c1-13(10-19-14(2)21-22-15(19)3)20(24)23-9-5-6-16-11-18(25-4)8-7-17(16)12-23/h7-8,11,13H,5-6,9-10,12H2,1-4H3,(H,21,22). The van der Waals surface area contributed by atoms with Crippen molar-refractivity contribution in [3.8, 4) is 5.75 Å². The van der Waals surface area contributed by atoms with Crippen LogP contribution in [0.15, 0.2) is 18.2 Å². The van der Waals surface area contributed by atoms with Crippen molar-refractivity contribution in [2.24, 2.45) is 5.92 Å². The van der Waals surface area contributed by atoms with Gasteiger partial charge in [0.15, 0.2) is 0 Å². The Morgan fingerprint density at radius 3 is 2.84 bits per heavy atom. The van der Waals surface area contributed by atoms with Crippen LogP contribution >= 0.6 is 0 Å². The molecule has 0 spiro atoms. The van der Waals surface area contributed by atoms with Crippen LogP contribution in [-0.4, -0.2) is 34.7 Å². The Balaban J connectivity index is 1.73. The molecule has 1 N–H and O–H groups in total. The first-order valence-electron chi connectivity index (χ1n) is 8.94. The van der Waals surface area contributed by atoms with Crippen molar-refractivity contribution in [3.05, 3.63) is 46.3 Å². The van der Waals surface area contributed by atoms with Gasteiger partial charge in [-0.05, 0) is 61.9 Å². The van der Waals surface area contributed by atoms with Crippen LogP contribution in [-0.2, 0) is 24.2 Å². The summed E-state index contributed by atoms with van der Waals surface area (Å²) in [4.78, 5) is 15.0. The minimum absolute atomic E-state index is 0.0465. The van der Waals surface area contributed by atoms with E-state index in [1.165, 1.54) is 16.7 Å². The third-order valence-corrected chi connectivity index (χ3v) is 5.17. The smallest absolute Gasteiger partial charge is 0.226 e. The normalized spacial score (nSPS) is 15.4. The lowest BCUT2D eigenvalue weighted by Crippen LogP contribution is -2.35. The average molecular weight is 341 g/mol. The molecule has 25 heavy (non-hydrogen) atoms. The van der Waals surface area contributed by atoms with E-state index < -0.39 is 0 Å². The van der Waals surface area contributed by atoms with Gasteiger partial charge in [0.25, 0.3) is 0 Å². The predicted octanol–water partition coefficient (Wildman–Crippen LogP) is 3.19. The Hall–Kier alpha value is -2.30. The second-order valence-corrected chi connectivity index (χ2v) is 7.02. The Morgan fingerprint density at radius 1 is 1.36 bits per heavy atom. The van der Waals surface area contributed by atoms with E-state index in [1.54, 1.807) is 7.11 Å². The lowest BCUT2D eigenvalue weighted by atomic mass is 9.98. The summed E-state index contributed by atoms with van der Waals surface area (Å²) in [6.07, 6.45) is 2.71. The summed E-state index contributed by atoms with van der Waals surface area (Å²) in [6.45, 7) is 7.52. The van der Waals surface area contributed by atoms with E-state index in [-0.39, 0.29) is 11.8 Å². The molecule has 0 fully saturated rings. The number of aromatic nitrogens is 2. The molecule has 1 amide bonds. The number of H-pyrrole nitrogens is 1. The zero-order chi connectivity index (χ0) is 18.0. The molecule has 5 heteroatoms. The van der Waals surface area contributed by atoms with E-state index >= 15 is 0 Å². The lowest BCUT2D eigenvalue weighted by molar-refractivity contribution is -0.135. The average Bonchev–Trinajstić information content (AvgIpc) is 2.82. The topological polar surface area (TPSA) is 58.2 Å². The van der Waals surface area contributed by atoms with Gasteiger partial charge in [-0.1, -0.05) is 13.0 Å². The maximum atomic E-state index is 13.0. The molecular weight excluding hydrogens is 314 g/mol. The molecular formula is C20H27N3O2. The number of amides is 1. The van der Waals surface area contributed by atoms with Gasteiger partial charge in [-0.15, -0.1) is 0 Å². The van der Waals surface area contributed by atoms with Gasteiger partial charge in [-0.2, -0.15) is 5.10 Å². The molecule has 1 atom stereocenters. The number of nitrogens with one attached hydrogen (secondary N) is 1. The number of fused-ring (bicyclic) bond motifs is 1. The van der Waals surface area contributed by atoms with Crippen LogP contribution < -0.4 is 4.74 Å². The van der Waals surface area contributed by atoms with Crippen LogP contribution in [0.4, 0.5) is 0 Å². The van der Waals surface area contributed by atoms with Gasteiger partial charge in [-0.25, -0.2) is 0 Å². The molecule has 3 rings (SSSR count). The van der Waals surface area contributed by atoms with Gasteiger partial charge in [0.05, 0.1) is 12.8 Å². The van der Waals surface area contributed by atoms with Crippen LogP contribution in [0.2, 0.25) is 0 Å². The van der Waals surface area contributed by atoms with Crippen LogP contribution in [0.25, 0.3) is 0 Å². The fourth-order valence-corrected chi connectivity index (χ4v) is 3.63. The van der Waals surface area contributed by atoms with Crippen molar-refractivity contribution in [1.29, 1.82) is 0 Å². The maximum Gasteiger partial charge on any atom is 0.226 e. The molecule has 134 valence electrons. The number of aromatic amines is 1. The molecule has 1 aromatic heterocycles. The van der Waals surface area contributed by atoms with Crippen molar-refractivity contribution < 1.29 is 9.53 Å². The van der Waals surface area contributed by atoms with Gasteiger partial charge < -0.3 is 9.64 Å². The Bertz CT molecular complexity index is 747. The third-order valence-electron chi connectivity index (χ3n) is 5.17. The summed E-state index contributed by atoms with van der Waals surface area (Å²) >= 11 is 0. The number of benzene rings is 1. The molecule has 1 aliphatic rings. The molecule has 5 nitrogen and oxygen atoms in total. The van der Waals surface area contributed by atoms with Gasteiger partial charge in [-0.3, -0.25) is 9.89 Å². The van der Waals surface area contributed by atoms with E-state index in [0.717, 1.165) is 42.9 Å². The number of hydrogen-bond donors (Lipinski definition) is 1. The highest BCUT2D eigenvalue weighted by atomic mass is 16.5. The number of rotatable bonds is 4. The highest BCUT2D eigenvalue weighted by Gasteiger charge is 2.25. The van der Waals surface area contributed by atoms with Crippen molar-refractivity contribution in [3.63, 3.8) is 0 Å². The van der Waals surface area contributed by atoms with Gasteiger partial charge in [0, 0.05) is 24.7 Å². The van der Waals surface area contributed by atoms with Crippen molar-refractivity contribution in [2.75, 3.05) is 13.7 Å². The number of hydrogen-bond acceptors (Lipinski definition) is 3. The second-order valence-electron chi connectivity index (χ2n) is 7.02. The molecule has 2 aromatic rings. The molecule has 0 aliphatic carbocycles. The number of ether oxygens (including phenoxy) is 1. The Kier molecular flexibility index (Phi) is 5.11. The number of aryl methyl sites for hydroxylation is 3. The Labute approximate surface area is 149 Å². The summed E-state index contributed by atoms with van der Waals surface area (Å²) in [7, 11) is 1.69. The molecule has 1 aromatic carbocycles. The molecule has 0 radical (unpaired) electrons. The summed E-state index contributed by atoms with van der Waals surface area (Å²) < 4.78 is 5.33. The molecule has 0 saturated carbocycles. The van der Waals surface area contributed by atoms with Crippen LogP contribution in [0.5, 0.6) is 5.75 Å². The summed E-state index contributed by atoms with van der Waals surface area (Å²) in [5.41, 5.74) is 5.75. The highest BCUT2D eigenvalue weighted by molar-refractivity contribution is 5.79. The SMILES string of the molecule is COc1ccc2c(c1)CCCN(C(=O)C(C)Cc1c(C)n[nH]c1C)C2. The van der Waals surface area contributed by atoms with Gasteiger partial charge in [0.1, 0.15) is 5.75 Å². The van der Waals surface area contributed by atoms with Crippen LogP contribution in [0, 0.1) is 19.8 Å². The summed E-state index contributed by atoms with van der Waals surface area (Å²) in [5.74, 6) is 1.07. The van der Waals surface area contributed by atoms with Crippen molar-refractivity contribution in [2.45, 2.75) is 46.6 Å². The fraction of sp³-hybridized carbons (Fsp3) is 0.500.